The molecule has 0 fully saturated rings. The van der Waals surface area contributed by atoms with Gasteiger partial charge in [0.05, 0.1) is 10.7 Å². The third-order valence-corrected chi connectivity index (χ3v) is 4.67. The van der Waals surface area contributed by atoms with Crippen LogP contribution in [0.15, 0.2) is 18.2 Å². The van der Waals surface area contributed by atoms with Gasteiger partial charge in [-0.25, -0.2) is 4.98 Å². The Labute approximate surface area is 121 Å². The summed E-state index contributed by atoms with van der Waals surface area (Å²) in [7, 11) is 0. The fraction of sp³-hybridized carbons (Fsp3) is 0.308. The number of benzene rings is 1. The second kappa shape index (κ2) is 5.57. The summed E-state index contributed by atoms with van der Waals surface area (Å²) in [5.74, 6) is 0. The smallest absolute Gasteiger partial charge is 0.0900 e. The summed E-state index contributed by atoms with van der Waals surface area (Å²) in [5.41, 5.74) is 8.13. The normalized spacial score (nSPS) is 12.7. The zero-order valence-electron chi connectivity index (χ0n) is 10.2. The van der Waals surface area contributed by atoms with E-state index in [0.717, 1.165) is 21.1 Å². The Bertz CT molecular complexity index is 546. The second-order valence-electron chi connectivity index (χ2n) is 4.19. The van der Waals surface area contributed by atoms with Gasteiger partial charge < -0.3 is 5.73 Å². The van der Waals surface area contributed by atoms with Crippen molar-refractivity contribution < 1.29 is 0 Å². The summed E-state index contributed by atoms with van der Waals surface area (Å²) in [4.78, 5) is 5.49. The van der Waals surface area contributed by atoms with Crippen LogP contribution < -0.4 is 5.73 Å². The number of aromatic nitrogens is 1. The Morgan fingerprint density at radius 2 is 1.89 bits per heavy atom. The van der Waals surface area contributed by atoms with Gasteiger partial charge in [-0.15, -0.1) is 11.3 Å². The van der Waals surface area contributed by atoms with E-state index in [1.165, 1.54) is 0 Å². The molecule has 1 heterocycles. The molecule has 0 aliphatic carbocycles. The van der Waals surface area contributed by atoms with Crippen LogP contribution in [0.1, 0.15) is 27.2 Å². The third kappa shape index (κ3) is 2.86. The first kappa shape index (κ1) is 13.8. The molecule has 5 heteroatoms. The maximum absolute atomic E-state index is 6.23. The summed E-state index contributed by atoms with van der Waals surface area (Å²) in [5, 5.41) is 2.36. The quantitative estimate of drug-likeness (QED) is 0.917. The minimum Gasteiger partial charge on any atom is -0.323 e. The van der Waals surface area contributed by atoms with E-state index in [2.05, 4.69) is 4.98 Å². The van der Waals surface area contributed by atoms with E-state index in [1.54, 1.807) is 11.3 Å². The topological polar surface area (TPSA) is 38.9 Å². The molecule has 0 bridgehead atoms. The highest BCUT2D eigenvalue weighted by Gasteiger charge is 2.16. The highest BCUT2D eigenvalue weighted by molar-refractivity contribution is 7.11. The lowest BCUT2D eigenvalue weighted by Gasteiger charge is -2.13. The summed E-state index contributed by atoms with van der Waals surface area (Å²) in [6.45, 7) is 3.96. The van der Waals surface area contributed by atoms with Gasteiger partial charge in [0.1, 0.15) is 0 Å². The average Bonchev–Trinajstić information content (AvgIpc) is 2.63. The van der Waals surface area contributed by atoms with Crippen molar-refractivity contribution in [3.8, 4) is 0 Å². The fourth-order valence-electron chi connectivity index (χ4n) is 1.93. The highest BCUT2D eigenvalue weighted by Crippen LogP contribution is 2.31. The zero-order chi connectivity index (χ0) is 13.3. The Hall–Kier alpha value is -0.610. The predicted molar refractivity (Wildman–Crippen MR) is 78.7 cm³/mol. The Kier molecular flexibility index (Phi) is 4.28. The first-order valence-corrected chi connectivity index (χ1v) is 7.18. The molecule has 0 radical (unpaired) electrons. The van der Waals surface area contributed by atoms with Crippen LogP contribution in [0, 0.1) is 13.8 Å². The maximum atomic E-state index is 6.23. The van der Waals surface area contributed by atoms with E-state index >= 15 is 0 Å². The molecule has 0 amide bonds. The number of nitrogens with zero attached hydrogens (tertiary/aromatic N) is 1. The van der Waals surface area contributed by atoms with Crippen LogP contribution in [-0.4, -0.2) is 4.98 Å². The number of halogens is 2. The lowest BCUT2D eigenvalue weighted by atomic mass is 10.0. The first-order valence-electron chi connectivity index (χ1n) is 5.61. The predicted octanol–water partition coefficient (Wildman–Crippen LogP) is 4.31. The third-order valence-electron chi connectivity index (χ3n) is 2.76. The molecule has 0 aliphatic rings. The highest BCUT2D eigenvalue weighted by atomic mass is 35.5. The molecule has 2 aromatic rings. The largest absolute Gasteiger partial charge is 0.323 e. The Morgan fingerprint density at radius 1 is 1.28 bits per heavy atom. The van der Waals surface area contributed by atoms with Crippen molar-refractivity contribution in [3.05, 3.63) is 49.4 Å². The van der Waals surface area contributed by atoms with Gasteiger partial charge in [-0.2, -0.15) is 0 Å². The van der Waals surface area contributed by atoms with Gasteiger partial charge in [-0.05, 0) is 38.0 Å². The molecule has 1 atom stereocenters. The van der Waals surface area contributed by atoms with Crippen molar-refractivity contribution >= 4 is 34.5 Å². The summed E-state index contributed by atoms with van der Waals surface area (Å²) in [6, 6.07) is 5.39. The SMILES string of the molecule is Cc1nc(C)c(C(N)Cc2c(Cl)cccc2Cl)s1. The van der Waals surface area contributed by atoms with Gasteiger partial charge in [0, 0.05) is 21.0 Å². The molecule has 1 aromatic heterocycles. The van der Waals surface area contributed by atoms with Gasteiger partial charge >= 0.3 is 0 Å². The summed E-state index contributed by atoms with van der Waals surface area (Å²) >= 11 is 13.9. The minimum atomic E-state index is -0.117. The number of aryl methyl sites for hydroxylation is 2. The first-order chi connectivity index (χ1) is 8.49. The maximum Gasteiger partial charge on any atom is 0.0900 e. The number of rotatable bonds is 3. The van der Waals surface area contributed by atoms with Crippen LogP contribution in [0.5, 0.6) is 0 Å². The van der Waals surface area contributed by atoms with Crippen LogP contribution >= 0.6 is 34.5 Å². The lowest BCUT2D eigenvalue weighted by molar-refractivity contribution is 0.729. The molecule has 0 saturated heterocycles. The van der Waals surface area contributed by atoms with Gasteiger partial charge in [-0.1, -0.05) is 29.3 Å². The molecule has 1 unspecified atom stereocenters. The van der Waals surface area contributed by atoms with Gasteiger partial charge in [0.15, 0.2) is 0 Å². The number of thiazole rings is 1. The molecule has 2 nitrogen and oxygen atoms in total. The molecule has 18 heavy (non-hydrogen) atoms. The van der Waals surface area contributed by atoms with Crippen molar-refractivity contribution in [2.45, 2.75) is 26.3 Å². The van der Waals surface area contributed by atoms with E-state index in [1.807, 2.05) is 32.0 Å². The van der Waals surface area contributed by atoms with E-state index in [4.69, 9.17) is 28.9 Å². The van der Waals surface area contributed by atoms with Crippen molar-refractivity contribution in [3.63, 3.8) is 0 Å². The van der Waals surface area contributed by atoms with Gasteiger partial charge in [0.25, 0.3) is 0 Å². The van der Waals surface area contributed by atoms with E-state index < -0.39 is 0 Å². The number of nitrogens with two attached hydrogens (primary N) is 1. The molecule has 0 saturated carbocycles. The number of hydrogen-bond acceptors (Lipinski definition) is 3. The molecule has 0 aliphatic heterocycles. The second-order valence-corrected chi connectivity index (χ2v) is 6.24. The van der Waals surface area contributed by atoms with Crippen LogP contribution in [0.2, 0.25) is 10.0 Å². The molecule has 1 aromatic carbocycles. The van der Waals surface area contributed by atoms with Crippen molar-refractivity contribution in [2.24, 2.45) is 5.73 Å². The van der Waals surface area contributed by atoms with Gasteiger partial charge in [-0.3, -0.25) is 0 Å². The van der Waals surface area contributed by atoms with Crippen molar-refractivity contribution in [1.82, 2.24) is 4.98 Å². The van der Waals surface area contributed by atoms with Crippen molar-refractivity contribution in [1.29, 1.82) is 0 Å². The molecule has 0 spiro atoms. The molecular formula is C13H14Cl2N2S. The Balaban J connectivity index is 2.26. The fourth-order valence-corrected chi connectivity index (χ4v) is 3.41. The van der Waals surface area contributed by atoms with Gasteiger partial charge in [0.2, 0.25) is 0 Å². The molecule has 2 N–H and O–H groups in total. The summed E-state index contributed by atoms with van der Waals surface area (Å²) in [6.07, 6.45) is 0.626. The average molecular weight is 301 g/mol. The summed E-state index contributed by atoms with van der Waals surface area (Å²) < 4.78 is 0. The van der Waals surface area contributed by atoms with Crippen molar-refractivity contribution in [2.75, 3.05) is 0 Å². The van der Waals surface area contributed by atoms with Crippen LogP contribution in [0.3, 0.4) is 0 Å². The van der Waals surface area contributed by atoms with Crippen LogP contribution in [0.25, 0.3) is 0 Å². The minimum absolute atomic E-state index is 0.117. The molecule has 2 rings (SSSR count). The van der Waals surface area contributed by atoms with E-state index in [0.29, 0.717) is 16.5 Å². The number of hydrogen-bond donors (Lipinski definition) is 1. The van der Waals surface area contributed by atoms with E-state index in [9.17, 15) is 0 Å². The van der Waals surface area contributed by atoms with E-state index in [-0.39, 0.29) is 6.04 Å². The van der Waals surface area contributed by atoms with Crippen LogP contribution in [0.4, 0.5) is 0 Å². The Morgan fingerprint density at radius 3 is 2.39 bits per heavy atom. The molecular weight excluding hydrogens is 287 g/mol. The molecule has 96 valence electrons. The lowest BCUT2D eigenvalue weighted by Crippen LogP contribution is -2.13. The monoisotopic (exact) mass is 300 g/mol. The standard InChI is InChI=1S/C13H14Cl2N2S/c1-7-13(18-8(2)17-7)12(16)6-9-10(14)4-3-5-11(9)15/h3-5,12H,6,16H2,1-2H3. The zero-order valence-corrected chi connectivity index (χ0v) is 12.5. The van der Waals surface area contributed by atoms with Crippen LogP contribution in [-0.2, 0) is 6.42 Å².